The monoisotopic (exact) mass is 385 g/mol. The zero-order valence-electron chi connectivity index (χ0n) is 16.0. The van der Waals surface area contributed by atoms with Crippen LogP contribution in [0, 0.1) is 0 Å². The number of amides is 1. The van der Waals surface area contributed by atoms with Crippen molar-refractivity contribution in [3.8, 4) is 0 Å². The Hall–Kier alpha value is -3.66. The molecule has 0 aliphatic carbocycles. The van der Waals surface area contributed by atoms with Gasteiger partial charge in [-0.3, -0.25) is 4.79 Å². The van der Waals surface area contributed by atoms with Crippen molar-refractivity contribution in [2.45, 2.75) is 19.3 Å². The molecular weight excluding hydrogens is 362 g/mol. The van der Waals surface area contributed by atoms with E-state index in [1.54, 1.807) is 18.2 Å². The van der Waals surface area contributed by atoms with Gasteiger partial charge in [0, 0.05) is 6.42 Å². The Morgan fingerprint density at radius 1 is 0.897 bits per heavy atom. The van der Waals surface area contributed by atoms with Crippen molar-refractivity contribution in [1.29, 1.82) is 0 Å². The Morgan fingerprint density at radius 2 is 1.66 bits per heavy atom. The smallest absolute Gasteiger partial charge is 0.337 e. The Kier molecular flexibility index (Phi) is 6.95. The highest BCUT2D eigenvalue weighted by Gasteiger charge is 2.11. The lowest BCUT2D eigenvalue weighted by Crippen LogP contribution is -2.14. The predicted octanol–water partition coefficient (Wildman–Crippen LogP) is 5.92. The summed E-state index contributed by atoms with van der Waals surface area (Å²) in [5.41, 5.74) is 1.57. The summed E-state index contributed by atoms with van der Waals surface area (Å²) in [5, 5.41) is 14.3. The van der Waals surface area contributed by atoms with Gasteiger partial charge in [0.2, 0.25) is 5.91 Å². The largest absolute Gasteiger partial charge is 0.478 e. The van der Waals surface area contributed by atoms with Crippen LogP contribution in [0.1, 0.15) is 35.2 Å². The van der Waals surface area contributed by atoms with Gasteiger partial charge in [-0.25, -0.2) is 4.79 Å². The summed E-state index contributed by atoms with van der Waals surface area (Å²) >= 11 is 0. The lowest BCUT2D eigenvalue weighted by Gasteiger charge is -2.07. The second kappa shape index (κ2) is 10.0. The van der Waals surface area contributed by atoms with Gasteiger partial charge in [0.1, 0.15) is 0 Å². The van der Waals surface area contributed by atoms with E-state index in [-0.39, 0.29) is 11.5 Å². The highest BCUT2D eigenvalue weighted by atomic mass is 16.4. The van der Waals surface area contributed by atoms with E-state index in [0.29, 0.717) is 18.5 Å². The van der Waals surface area contributed by atoms with Gasteiger partial charge in [-0.1, -0.05) is 72.8 Å². The fourth-order valence-corrected chi connectivity index (χ4v) is 3.02. The molecule has 4 nitrogen and oxygen atoms in total. The van der Waals surface area contributed by atoms with Crippen LogP contribution in [0.4, 0.5) is 5.69 Å². The number of anilines is 1. The second-order valence-corrected chi connectivity index (χ2v) is 6.68. The van der Waals surface area contributed by atoms with Crippen molar-refractivity contribution < 1.29 is 14.7 Å². The molecule has 0 aromatic heterocycles. The summed E-state index contributed by atoms with van der Waals surface area (Å²) in [6.45, 7) is 0. The normalized spacial score (nSPS) is 11.3. The molecule has 0 aliphatic heterocycles. The van der Waals surface area contributed by atoms with Gasteiger partial charge in [0.05, 0.1) is 11.3 Å². The third kappa shape index (κ3) is 5.91. The van der Waals surface area contributed by atoms with Gasteiger partial charge >= 0.3 is 5.97 Å². The molecule has 3 rings (SSSR count). The van der Waals surface area contributed by atoms with Gasteiger partial charge in [-0.05, 0) is 47.4 Å². The molecule has 3 aromatic rings. The van der Waals surface area contributed by atoms with Gasteiger partial charge in [-0.15, -0.1) is 0 Å². The topological polar surface area (TPSA) is 66.4 Å². The Bertz CT molecular complexity index is 1070. The second-order valence-electron chi connectivity index (χ2n) is 6.68. The van der Waals surface area contributed by atoms with Crippen LogP contribution in [0.5, 0.6) is 0 Å². The Balaban J connectivity index is 1.43. The molecule has 1 amide bonds. The van der Waals surface area contributed by atoms with E-state index in [4.69, 9.17) is 5.11 Å². The molecule has 29 heavy (non-hydrogen) atoms. The minimum absolute atomic E-state index is 0.0968. The molecule has 0 radical (unpaired) electrons. The molecule has 0 saturated heterocycles. The van der Waals surface area contributed by atoms with E-state index in [0.717, 1.165) is 12.0 Å². The average Bonchev–Trinajstić information content (AvgIpc) is 2.73. The fraction of sp³-hybridized carbons (Fsp3) is 0.120. The van der Waals surface area contributed by atoms with E-state index in [2.05, 4.69) is 41.7 Å². The lowest BCUT2D eigenvalue weighted by molar-refractivity contribution is -0.116. The van der Waals surface area contributed by atoms with Crippen LogP contribution in [0.2, 0.25) is 0 Å². The van der Waals surface area contributed by atoms with Crippen LogP contribution in [0.3, 0.4) is 0 Å². The summed E-state index contributed by atoms with van der Waals surface area (Å²) in [6, 6.07) is 21.0. The first-order chi connectivity index (χ1) is 14.1. The first kappa shape index (κ1) is 20.1. The number of rotatable bonds is 8. The molecule has 0 heterocycles. The summed E-state index contributed by atoms with van der Waals surface area (Å²) in [6.07, 6.45) is 9.86. The fourth-order valence-electron chi connectivity index (χ4n) is 3.02. The summed E-state index contributed by atoms with van der Waals surface area (Å²) < 4.78 is 0. The van der Waals surface area contributed by atoms with Crippen molar-refractivity contribution in [2.75, 3.05) is 5.32 Å². The standard InChI is InChI=1S/C25H23NO3/c27-24(26-23-14-9-8-13-22(23)25(28)29)15-5-3-1-2-4-10-19-16-17-20-11-6-7-12-21(20)18-19/h1-2,4,6-14,16-18H,3,5,15H2,(H,26,27)(H,28,29)/b2-1+,10-4+. The molecule has 0 atom stereocenters. The number of hydrogen-bond acceptors (Lipinski definition) is 2. The number of carbonyl (C=O) groups excluding carboxylic acids is 1. The van der Waals surface area contributed by atoms with E-state index < -0.39 is 5.97 Å². The number of nitrogens with one attached hydrogen (secondary N) is 1. The number of unbranched alkanes of at least 4 members (excludes halogenated alkanes) is 1. The molecular formula is C25H23NO3. The first-order valence-corrected chi connectivity index (χ1v) is 9.58. The molecule has 0 fully saturated rings. The molecule has 0 spiro atoms. The number of fused-ring (bicyclic) bond motifs is 1. The maximum absolute atomic E-state index is 12.0. The number of aromatic carboxylic acids is 1. The van der Waals surface area contributed by atoms with Gasteiger partial charge in [-0.2, -0.15) is 0 Å². The average molecular weight is 385 g/mol. The lowest BCUT2D eigenvalue weighted by atomic mass is 10.1. The number of carbonyl (C=O) groups is 2. The van der Waals surface area contributed by atoms with Crippen LogP contribution in [-0.4, -0.2) is 17.0 Å². The van der Waals surface area contributed by atoms with Crippen molar-refractivity contribution in [3.63, 3.8) is 0 Å². The zero-order valence-corrected chi connectivity index (χ0v) is 16.0. The minimum atomic E-state index is -1.05. The van der Waals surface area contributed by atoms with Crippen molar-refractivity contribution in [3.05, 3.63) is 96.1 Å². The third-order valence-corrected chi connectivity index (χ3v) is 4.52. The number of benzene rings is 3. The summed E-state index contributed by atoms with van der Waals surface area (Å²) in [5.74, 6) is -1.24. The van der Waals surface area contributed by atoms with Gasteiger partial charge in [0.15, 0.2) is 0 Å². The summed E-state index contributed by atoms with van der Waals surface area (Å²) in [7, 11) is 0. The van der Waals surface area contributed by atoms with Gasteiger partial charge < -0.3 is 10.4 Å². The molecule has 3 aromatic carbocycles. The van der Waals surface area contributed by atoms with Crippen LogP contribution >= 0.6 is 0 Å². The van der Waals surface area contributed by atoms with Crippen LogP contribution in [-0.2, 0) is 4.79 Å². The van der Waals surface area contributed by atoms with Crippen LogP contribution in [0.15, 0.2) is 85.0 Å². The molecule has 4 heteroatoms. The maximum atomic E-state index is 12.0. The van der Waals surface area contributed by atoms with Gasteiger partial charge in [0.25, 0.3) is 0 Å². The zero-order chi connectivity index (χ0) is 20.5. The molecule has 0 saturated carbocycles. The number of hydrogen-bond donors (Lipinski definition) is 2. The number of carboxylic acids is 1. The maximum Gasteiger partial charge on any atom is 0.337 e. The highest BCUT2D eigenvalue weighted by molar-refractivity contribution is 6.00. The molecule has 0 aliphatic rings. The van der Waals surface area contributed by atoms with E-state index in [1.807, 2.05) is 30.4 Å². The number of para-hydroxylation sites is 1. The van der Waals surface area contributed by atoms with E-state index in [1.165, 1.54) is 16.8 Å². The van der Waals surface area contributed by atoms with E-state index >= 15 is 0 Å². The SMILES string of the molecule is O=C(CCC/C=C/C=C/c1ccc2ccccc2c1)Nc1ccccc1C(=O)O. The van der Waals surface area contributed by atoms with Crippen molar-refractivity contribution in [2.24, 2.45) is 0 Å². The Morgan fingerprint density at radius 3 is 2.48 bits per heavy atom. The molecule has 146 valence electrons. The quantitative estimate of drug-likeness (QED) is 0.374. The van der Waals surface area contributed by atoms with E-state index in [9.17, 15) is 9.59 Å². The van der Waals surface area contributed by atoms with Crippen molar-refractivity contribution >= 4 is 34.4 Å². The van der Waals surface area contributed by atoms with Crippen LogP contribution in [0.25, 0.3) is 16.8 Å². The third-order valence-electron chi connectivity index (χ3n) is 4.52. The molecule has 2 N–H and O–H groups in total. The highest BCUT2D eigenvalue weighted by Crippen LogP contribution is 2.17. The Labute approximate surface area is 170 Å². The number of carboxylic acid groups (broad SMARTS) is 1. The molecule has 0 bridgehead atoms. The first-order valence-electron chi connectivity index (χ1n) is 9.58. The number of allylic oxidation sites excluding steroid dienone is 3. The van der Waals surface area contributed by atoms with Crippen LogP contribution < -0.4 is 5.32 Å². The minimum Gasteiger partial charge on any atom is -0.478 e. The van der Waals surface area contributed by atoms with Crippen molar-refractivity contribution in [1.82, 2.24) is 0 Å². The predicted molar refractivity (Wildman–Crippen MR) is 118 cm³/mol. The molecule has 0 unspecified atom stereocenters. The summed E-state index contributed by atoms with van der Waals surface area (Å²) in [4.78, 5) is 23.2.